The smallest absolute Gasteiger partial charge is 0.243 e. The van der Waals surface area contributed by atoms with Gasteiger partial charge in [0.2, 0.25) is 5.91 Å². The lowest BCUT2D eigenvalue weighted by Gasteiger charge is -2.09. The highest BCUT2D eigenvalue weighted by atomic mass is 79.9. The number of hydrogen-bond acceptors (Lipinski definition) is 3. The number of hydrogen-bond donors (Lipinski definition) is 2. The predicted molar refractivity (Wildman–Crippen MR) is 88.9 cm³/mol. The van der Waals surface area contributed by atoms with Gasteiger partial charge in [-0.1, -0.05) is 12.1 Å². The lowest BCUT2D eigenvalue weighted by molar-refractivity contribution is -0.114. The van der Waals surface area contributed by atoms with Crippen molar-refractivity contribution in [2.75, 3.05) is 23.8 Å². The number of carbonyl (C=O) groups excluding carboxylic acids is 1. The van der Waals surface area contributed by atoms with Crippen molar-refractivity contribution in [3.8, 4) is 5.75 Å². The molecule has 0 atom stereocenters. The summed E-state index contributed by atoms with van der Waals surface area (Å²) < 4.78 is 6.28. The van der Waals surface area contributed by atoms with Gasteiger partial charge in [0.15, 0.2) is 0 Å². The monoisotopic (exact) mass is 348 g/mol. The number of carbonyl (C=O) groups is 1. The van der Waals surface area contributed by atoms with Crippen LogP contribution in [0.15, 0.2) is 53.0 Å². The molecular weight excluding hydrogens is 332 g/mol. The minimum absolute atomic E-state index is 0.102. The second-order valence-electron chi connectivity index (χ2n) is 4.34. The van der Waals surface area contributed by atoms with E-state index in [2.05, 4.69) is 26.6 Å². The van der Waals surface area contributed by atoms with Gasteiger partial charge in [-0.05, 0) is 59.3 Å². The molecule has 21 heavy (non-hydrogen) atoms. The van der Waals surface area contributed by atoms with Crippen LogP contribution in [0.4, 0.5) is 11.4 Å². The lowest BCUT2D eigenvalue weighted by atomic mass is 10.3. The summed E-state index contributed by atoms with van der Waals surface area (Å²) in [6, 6.07) is 15.0. The number of ether oxygens (including phenoxy) is 1. The molecule has 0 heterocycles. The van der Waals surface area contributed by atoms with Gasteiger partial charge >= 0.3 is 0 Å². The second-order valence-corrected chi connectivity index (χ2v) is 5.19. The molecule has 0 bridgehead atoms. The van der Waals surface area contributed by atoms with Crippen LogP contribution in [0.1, 0.15) is 6.92 Å². The van der Waals surface area contributed by atoms with Gasteiger partial charge in [-0.25, -0.2) is 0 Å². The molecule has 0 unspecified atom stereocenters. The average molecular weight is 349 g/mol. The first kappa shape index (κ1) is 15.4. The standard InChI is InChI=1S/C16H17BrN2O2/c1-2-21-13-9-7-12(8-10-13)19-16(20)11-18-15-6-4-3-5-14(15)17/h3-10,18H,2,11H2,1H3,(H,19,20). The fourth-order valence-electron chi connectivity index (χ4n) is 1.79. The molecule has 0 aliphatic rings. The third-order valence-corrected chi connectivity index (χ3v) is 3.45. The van der Waals surface area contributed by atoms with Crippen molar-refractivity contribution in [1.82, 2.24) is 0 Å². The summed E-state index contributed by atoms with van der Waals surface area (Å²) in [6.45, 7) is 2.76. The Kier molecular flexibility index (Phi) is 5.63. The largest absolute Gasteiger partial charge is 0.494 e. The van der Waals surface area contributed by atoms with Crippen LogP contribution < -0.4 is 15.4 Å². The molecule has 0 saturated heterocycles. The van der Waals surface area contributed by atoms with Crippen LogP contribution in [0.3, 0.4) is 0 Å². The summed E-state index contributed by atoms with van der Waals surface area (Å²) in [5, 5.41) is 5.91. The third-order valence-electron chi connectivity index (χ3n) is 2.76. The Bertz CT molecular complexity index is 599. The Hall–Kier alpha value is -2.01. The maximum atomic E-state index is 11.9. The molecule has 2 aromatic carbocycles. The van der Waals surface area contributed by atoms with Gasteiger partial charge in [-0.3, -0.25) is 4.79 Å². The van der Waals surface area contributed by atoms with Crippen LogP contribution in [0, 0.1) is 0 Å². The molecule has 0 aliphatic carbocycles. The van der Waals surface area contributed by atoms with E-state index in [1.54, 1.807) is 0 Å². The first-order valence-corrected chi connectivity index (χ1v) is 7.49. The first-order chi connectivity index (χ1) is 10.2. The Morgan fingerprint density at radius 3 is 2.52 bits per heavy atom. The van der Waals surface area contributed by atoms with E-state index in [1.165, 1.54) is 0 Å². The van der Waals surface area contributed by atoms with E-state index in [1.807, 2.05) is 55.5 Å². The Morgan fingerprint density at radius 1 is 1.14 bits per heavy atom. The maximum absolute atomic E-state index is 11.9. The zero-order valence-electron chi connectivity index (χ0n) is 11.7. The molecule has 2 rings (SSSR count). The molecule has 2 N–H and O–H groups in total. The summed E-state index contributed by atoms with van der Waals surface area (Å²) in [5.74, 6) is 0.691. The van der Waals surface area contributed by atoms with E-state index in [-0.39, 0.29) is 12.5 Å². The maximum Gasteiger partial charge on any atom is 0.243 e. The van der Waals surface area contributed by atoms with E-state index >= 15 is 0 Å². The normalized spacial score (nSPS) is 10.0. The van der Waals surface area contributed by atoms with Gasteiger partial charge in [0, 0.05) is 15.8 Å². The molecule has 1 amide bonds. The van der Waals surface area contributed by atoms with Crippen LogP contribution in [-0.2, 0) is 4.79 Å². The van der Waals surface area contributed by atoms with Crippen molar-refractivity contribution in [3.05, 3.63) is 53.0 Å². The van der Waals surface area contributed by atoms with E-state index in [9.17, 15) is 4.79 Å². The highest BCUT2D eigenvalue weighted by molar-refractivity contribution is 9.10. The summed E-state index contributed by atoms with van der Waals surface area (Å²) in [4.78, 5) is 11.9. The Balaban J connectivity index is 1.85. The fourth-order valence-corrected chi connectivity index (χ4v) is 2.21. The molecule has 2 aromatic rings. The fraction of sp³-hybridized carbons (Fsp3) is 0.188. The van der Waals surface area contributed by atoms with Gasteiger partial charge in [0.1, 0.15) is 5.75 Å². The van der Waals surface area contributed by atoms with Crippen LogP contribution in [0.2, 0.25) is 0 Å². The molecule has 5 heteroatoms. The number of halogens is 1. The van der Waals surface area contributed by atoms with Crippen LogP contribution in [0.25, 0.3) is 0 Å². The van der Waals surface area contributed by atoms with Crippen molar-refractivity contribution >= 4 is 33.2 Å². The zero-order chi connectivity index (χ0) is 15.1. The van der Waals surface area contributed by atoms with E-state index < -0.39 is 0 Å². The van der Waals surface area contributed by atoms with Gasteiger partial charge in [0.25, 0.3) is 0 Å². The van der Waals surface area contributed by atoms with Gasteiger partial charge < -0.3 is 15.4 Å². The minimum atomic E-state index is -0.102. The number of rotatable bonds is 6. The van der Waals surface area contributed by atoms with E-state index in [4.69, 9.17) is 4.74 Å². The van der Waals surface area contributed by atoms with E-state index in [0.717, 1.165) is 21.6 Å². The molecule has 0 aromatic heterocycles. The minimum Gasteiger partial charge on any atom is -0.494 e. The number of para-hydroxylation sites is 1. The van der Waals surface area contributed by atoms with Crippen LogP contribution in [-0.4, -0.2) is 19.1 Å². The number of amides is 1. The van der Waals surface area contributed by atoms with Crippen molar-refractivity contribution in [1.29, 1.82) is 0 Å². The summed E-state index contributed by atoms with van der Waals surface area (Å²) in [6.07, 6.45) is 0. The lowest BCUT2D eigenvalue weighted by Crippen LogP contribution is -2.21. The van der Waals surface area contributed by atoms with Crippen molar-refractivity contribution < 1.29 is 9.53 Å². The highest BCUT2D eigenvalue weighted by Crippen LogP contribution is 2.21. The van der Waals surface area contributed by atoms with Gasteiger partial charge in [-0.2, -0.15) is 0 Å². The molecule has 110 valence electrons. The number of nitrogens with one attached hydrogen (secondary N) is 2. The molecule has 0 radical (unpaired) electrons. The zero-order valence-corrected chi connectivity index (χ0v) is 13.3. The molecule has 4 nitrogen and oxygen atoms in total. The molecular formula is C16H17BrN2O2. The predicted octanol–water partition coefficient (Wildman–Crippen LogP) is 3.90. The number of benzene rings is 2. The highest BCUT2D eigenvalue weighted by Gasteiger charge is 2.04. The van der Waals surface area contributed by atoms with Crippen molar-refractivity contribution in [2.24, 2.45) is 0 Å². The molecule has 0 saturated carbocycles. The van der Waals surface area contributed by atoms with Crippen molar-refractivity contribution in [2.45, 2.75) is 6.92 Å². The van der Waals surface area contributed by atoms with Gasteiger partial charge in [0.05, 0.1) is 13.2 Å². The van der Waals surface area contributed by atoms with E-state index in [0.29, 0.717) is 6.61 Å². The average Bonchev–Trinajstić information content (AvgIpc) is 2.49. The topological polar surface area (TPSA) is 50.4 Å². The van der Waals surface area contributed by atoms with Crippen LogP contribution in [0.5, 0.6) is 5.75 Å². The van der Waals surface area contributed by atoms with Crippen molar-refractivity contribution in [3.63, 3.8) is 0 Å². The second kappa shape index (κ2) is 7.69. The van der Waals surface area contributed by atoms with Crippen LogP contribution >= 0.6 is 15.9 Å². The Morgan fingerprint density at radius 2 is 1.86 bits per heavy atom. The van der Waals surface area contributed by atoms with Gasteiger partial charge in [-0.15, -0.1) is 0 Å². The third kappa shape index (κ3) is 4.79. The molecule has 0 spiro atoms. The molecule has 0 aliphatic heterocycles. The summed E-state index contributed by atoms with van der Waals surface area (Å²) >= 11 is 3.43. The summed E-state index contributed by atoms with van der Waals surface area (Å²) in [7, 11) is 0. The SMILES string of the molecule is CCOc1ccc(NC(=O)CNc2ccccc2Br)cc1. The quantitative estimate of drug-likeness (QED) is 0.832. The first-order valence-electron chi connectivity index (χ1n) is 6.70. The summed E-state index contributed by atoms with van der Waals surface area (Å²) in [5.41, 5.74) is 1.64. The Labute approximate surface area is 132 Å². The molecule has 0 fully saturated rings. The number of anilines is 2.